The van der Waals surface area contributed by atoms with E-state index in [0.29, 0.717) is 13.0 Å². The Bertz CT molecular complexity index is 341. The molecule has 2 heterocycles. The highest BCUT2D eigenvalue weighted by Gasteiger charge is 2.27. The Balaban J connectivity index is 1.98. The molecule has 5 heteroatoms. The van der Waals surface area contributed by atoms with E-state index in [4.69, 9.17) is 0 Å². The molecule has 1 fully saturated rings. The van der Waals surface area contributed by atoms with Gasteiger partial charge in [-0.05, 0) is 25.5 Å². The fourth-order valence-electron chi connectivity index (χ4n) is 2.49. The van der Waals surface area contributed by atoms with E-state index in [0.717, 1.165) is 38.0 Å². The summed E-state index contributed by atoms with van der Waals surface area (Å²) in [6.07, 6.45) is 4.59. The first-order chi connectivity index (χ1) is 8.20. The molecule has 0 spiro atoms. The first kappa shape index (κ1) is 12.2. The molecule has 0 bridgehead atoms. The van der Waals surface area contributed by atoms with Gasteiger partial charge in [0.2, 0.25) is 5.91 Å². The summed E-state index contributed by atoms with van der Waals surface area (Å²) < 4.78 is 0. The molecule has 0 saturated carbocycles. The van der Waals surface area contributed by atoms with Crippen molar-refractivity contribution < 1.29 is 4.79 Å². The summed E-state index contributed by atoms with van der Waals surface area (Å²) in [5.41, 5.74) is 1.06. The van der Waals surface area contributed by atoms with Crippen LogP contribution in [0.25, 0.3) is 0 Å². The van der Waals surface area contributed by atoms with E-state index < -0.39 is 0 Å². The lowest BCUT2D eigenvalue weighted by Crippen LogP contribution is -2.37. The smallest absolute Gasteiger partial charge is 0.222 e. The molecule has 5 nitrogen and oxygen atoms in total. The highest BCUT2D eigenvalue weighted by molar-refractivity contribution is 5.78. The van der Waals surface area contributed by atoms with E-state index in [1.165, 1.54) is 0 Å². The molecule has 0 aromatic carbocycles. The molecule has 1 amide bonds. The normalized spacial score (nSPS) is 23.7. The Morgan fingerprint density at radius 2 is 2.29 bits per heavy atom. The van der Waals surface area contributed by atoms with Crippen molar-refractivity contribution in [3.63, 3.8) is 0 Å². The summed E-state index contributed by atoms with van der Waals surface area (Å²) in [5.74, 6) is 0.156. The molecule has 2 aliphatic rings. The van der Waals surface area contributed by atoms with Crippen LogP contribution in [0.3, 0.4) is 0 Å². The third kappa shape index (κ3) is 2.91. The molecule has 2 rings (SSSR count). The van der Waals surface area contributed by atoms with Crippen LogP contribution in [0.15, 0.2) is 16.8 Å². The van der Waals surface area contributed by atoms with Crippen molar-refractivity contribution in [2.75, 3.05) is 33.2 Å². The van der Waals surface area contributed by atoms with Gasteiger partial charge in [0.15, 0.2) is 0 Å². The summed E-state index contributed by atoms with van der Waals surface area (Å²) in [6.45, 7) is 3.05. The minimum absolute atomic E-state index is 0.156. The minimum atomic E-state index is -0.361. The van der Waals surface area contributed by atoms with Crippen LogP contribution >= 0.6 is 0 Å². The molecule has 1 atom stereocenters. The molecule has 2 aliphatic heterocycles. The number of carbonyl (C=O) groups excluding carboxylic acids is 1. The van der Waals surface area contributed by atoms with Crippen molar-refractivity contribution in [1.82, 2.24) is 9.80 Å². The van der Waals surface area contributed by atoms with Crippen LogP contribution in [-0.2, 0) is 4.79 Å². The van der Waals surface area contributed by atoms with Crippen LogP contribution in [0, 0.1) is 4.91 Å². The number of likely N-dealkylation sites (N-methyl/N-ethyl adjacent to an activating group) is 1. The number of likely N-dealkylation sites (tertiary alicyclic amines) is 1. The van der Waals surface area contributed by atoms with Gasteiger partial charge in [0, 0.05) is 26.1 Å². The van der Waals surface area contributed by atoms with Gasteiger partial charge in [-0.15, -0.1) is 0 Å². The predicted molar refractivity (Wildman–Crippen MR) is 65.6 cm³/mol. The molecule has 1 saturated heterocycles. The topological polar surface area (TPSA) is 53.0 Å². The van der Waals surface area contributed by atoms with Crippen LogP contribution in [0.4, 0.5) is 0 Å². The van der Waals surface area contributed by atoms with Crippen LogP contribution in [-0.4, -0.2) is 55.0 Å². The maximum absolute atomic E-state index is 11.5. The van der Waals surface area contributed by atoms with E-state index in [-0.39, 0.29) is 11.9 Å². The highest BCUT2D eigenvalue weighted by atomic mass is 16.3. The molecule has 0 aromatic heterocycles. The molecule has 17 heavy (non-hydrogen) atoms. The number of hydrogen-bond donors (Lipinski definition) is 0. The Kier molecular flexibility index (Phi) is 3.89. The fourth-order valence-corrected chi connectivity index (χ4v) is 2.49. The van der Waals surface area contributed by atoms with Gasteiger partial charge in [-0.25, -0.2) is 0 Å². The second-order valence-electron chi connectivity index (χ2n) is 4.87. The molecular weight excluding hydrogens is 218 g/mol. The van der Waals surface area contributed by atoms with Crippen LogP contribution in [0.1, 0.15) is 19.3 Å². The van der Waals surface area contributed by atoms with Crippen molar-refractivity contribution in [1.29, 1.82) is 0 Å². The van der Waals surface area contributed by atoms with E-state index >= 15 is 0 Å². The summed E-state index contributed by atoms with van der Waals surface area (Å²) in [6, 6.07) is -0.361. The average Bonchev–Trinajstić information content (AvgIpc) is 2.71. The van der Waals surface area contributed by atoms with Crippen molar-refractivity contribution in [3.05, 3.63) is 16.6 Å². The summed E-state index contributed by atoms with van der Waals surface area (Å²) in [5, 5.41) is 3.21. The van der Waals surface area contributed by atoms with Gasteiger partial charge in [0.25, 0.3) is 0 Å². The third-order valence-corrected chi connectivity index (χ3v) is 3.49. The minimum Gasteiger partial charge on any atom is -0.340 e. The third-order valence-electron chi connectivity index (χ3n) is 3.49. The Labute approximate surface area is 101 Å². The average molecular weight is 237 g/mol. The lowest BCUT2D eigenvalue weighted by molar-refractivity contribution is -0.127. The summed E-state index contributed by atoms with van der Waals surface area (Å²) in [4.78, 5) is 26.4. The summed E-state index contributed by atoms with van der Waals surface area (Å²) in [7, 11) is 2.04. The molecular formula is C12H19N3O2. The summed E-state index contributed by atoms with van der Waals surface area (Å²) >= 11 is 0. The predicted octanol–water partition coefficient (Wildman–Crippen LogP) is 1.01. The van der Waals surface area contributed by atoms with Gasteiger partial charge >= 0.3 is 0 Å². The van der Waals surface area contributed by atoms with Crippen molar-refractivity contribution >= 4 is 5.91 Å². The van der Waals surface area contributed by atoms with Gasteiger partial charge in [-0.3, -0.25) is 4.79 Å². The standard InChI is InChI=1S/C12H19N3O2/c1-14-6-2-4-10(8-14)11(13-17)9-15-7-3-5-12(15)16/h4,11H,2-3,5-9H2,1H3. The van der Waals surface area contributed by atoms with Crippen LogP contribution < -0.4 is 0 Å². The number of nitrogens with zero attached hydrogens (tertiary/aromatic N) is 3. The van der Waals surface area contributed by atoms with Gasteiger partial charge in [0.1, 0.15) is 6.04 Å². The van der Waals surface area contributed by atoms with Gasteiger partial charge < -0.3 is 9.80 Å². The highest BCUT2D eigenvalue weighted by Crippen LogP contribution is 2.18. The van der Waals surface area contributed by atoms with Gasteiger partial charge in [-0.2, -0.15) is 4.91 Å². The lowest BCUT2D eigenvalue weighted by atomic mass is 10.0. The number of hydrogen-bond acceptors (Lipinski definition) is 4. The number of carbonyl (C=O) groups is 1. The van der Waals surface area contributed by atoms with E-state index in [1.54, 1.807) is 4.90 Å². The molecule has 0 aromatic rings. The van der Waals surface area contributed by atoms with E-state index in [2.05, 4.69) is 16.2 Å². The first-order valence-electron chi connectivity index (χ1n) is 6.18. The number of rotatable bonds is 4. The SMILES string of the molecule is CN1CCC=C(C(CN2CCCC2=O)N=O)C1. The molecule has 0 aliphatic carbocycles. The van der Waals surface area contributed by atoms with Crippen molar-refractivity contribution in [2.24, 2.45) is 5.18 Å². The maximum atomic E-state index is 11.5. The quantitative estimate of drug-likeness (QED) is 0.541. The van der Waals surface area contributed by atoms with Crippen LogP contribution in [0.5, 0.6) is 0 Å². The first-order valence-corrected chi connectivity index (χ1v) is 6.18. The van der Waals surface area contributed by atoms with Crippen molar-refractivity contribution in [3.8, 4) is 0 Å². The van der Waals surface area contributed by atoms with E-state index in [1.807, 2.05) is 7.05 Å². The Morgan fingerprint density at radius 3 is 2.88 bits per heavy atom. The largest absolute Gasteiger partial charge is 0.340 e. The van der Waals surface area contributed by atoms with Crippen LogP contribution in [0.2, 0.25) is 0 Å². The number of nitroso groups, excluding NO2 is 1. The molecule has 94 valence electrons. The Hall–Kier alpha value is -1.23. The monoisotopic (exact) mass is 237 g/mol. The van der Waals surface area contributed by atoms with Crippen molar-refractivity contribution in [2.45, 2.75) is 25.3 Å². The van der Waals surface area contributed by atoms with Gasteiger partial charge in [0.05, 0.1) is 6.54 Å². The zero-order valence-electron chi connectivity index (χ0n) is 10.3. The second kappa shape index (κ2) is 5.40. The van der Waals surface area contributed by atoms with Gasteiger partial charge in [-0.1, -0.05) is 11.3 Å². The second-order valence-corrected chi connectivity index (χ2v) is 4.87. The Morgan fingerprint density at radius 1 is 1.47 bits per heavy atom. The maximum Gasteiger partial charge on any atom is 0.222 e. The molecule has 1 unspecified atom stereocenters. The molecule has 0 radical (unpaired) electrons. The lowest BCUT2D eigenvalue weighted by Gasteiger charge is -2.27. The zero-order valence-corrected chi connectivity index (χ0v) is 10.3. The fraction of sp³-hybridized carbons (Fsp3) is 0.750. The number of amides is 1. The van der Waals surface area contributed by atoms with E-state index in [9.17, 15) is 9.70 Å². The molecule has 0 N–H and O–H groups in total. The zero-order chi connectivity index (χ0) is 12.3.